The molecular weight excluding hydrogens is 212 g/mol. The molecule has 0 aromatic carbocycles. The molecule has 94 valence electrons. The quantitative estimate of drug-likeness (QED) is 0.613. The third kappa shape index (κ3) is 5.55. The number of hydrogen-bond donors (Lipinski definition) is 3. The predicted octanol–water partition coefficient (Wildman–Crippen LogP) is 0.262. The second kappa shape index (κ2) is 7.05. The number of carboxylic acids is 1. The molecular formula is C10H20N2O4. The first-order valence-electron chi connectivity index (χ1n) is 5.31. The molecule has 2 atom stereocenters. The van der Waals surface area contributed by atoms with Crippen molar-refractivity contribution >= 4 is 12.0 Å². The fourth-order valence-electron chi connectivity index (χ4n) is 1.28. The smallest absolute Gasteiger partial charge is 0.326 e. The number of aliphatic hydroxyl groups is 1. The average molecular weight is 232 g/mol. The third-order valence-corrected chi connectivity index (χ3v) is 2.06. The van der Waals surface area contributed by atoms with Crippen molar-refractivity contribution < 1.29 is 19.8 Å². The summed E-state index contributed by atoms with van der Waals surface area (Å²) in [5.74, 6) is -1.04. The summed E-state index contributed by atoms with van der Waals surface area (Å²) in [7, 11) is 1.51. The summed E-state index contributed by atoms with van der Waals surface area (Å²) in [5, 5.41) is 20.3. The van der Waals surface area contributed by atoms with Crippen molar-refractivity contribution in [3.63, 3.8) is 0 Å². The molecule has 0 aliphatic rings. The van der Waals surface area contributed by atoms with Gasteiger partial charge in [-0.3, -0.25) is 0 Å². The van der Waals surface area contributed by atoms with Gasteiger partial charge in [0.1, 0.15) is 6.04 Å². The van der Waals surface area contributed by atoms with E-state index in [0.717, 1.165) is 0 Å². The van der Waals surface area contributed by atoms with Crippen LogP contribution in [0.5, 0.6) is 0 Å². The van der Waals surface area contributed by atoms with E-state index in [2.05, 4.69) is 5.32 Å². The maximum absolute atomic E-state index is 11.5. The number of aliphatic carboxylic acids is 1. The lowest BCUT2D eigenvalue weighted by atomic mass is 10.2. The van der Waals surface area contributed by atoms with Crippen LogP contribution >= 0.6 is 0 Å². The number of nitrogens with zero attached hydrogens (tertiary/aromatic N) is 1. The van der Waals surface area contributed by atoms with E-state index >= 15 is 0 Å². The van der Waals surface area contributed by atoms with Gasteiger partial charge in [0.2, 0.25) is 0 Å². The second-order valence-electron chi connectivity index (χ2n) is 3.86. The van der Waals surface area contributed by atoms with Crippen LogP contribution in [0.2, 0.25) is 0 Å². The highest BCUT2D eigenvalue weighted by molar-refractivity contribution is 5.82. The minimum absolute atomic E-state index is 0.171. The molecule has 0 bridgehead atoms. The number of nitrogens with one attached hydrogen (secondary N) is 1. The van der Waals surface area contributed by atoms with Crippen LogP contribution in [-0.4, -0.2) is 52.9 Å². The van der Waals surface area contributed by atoms with Crippen LogP contribution < -0.4 is 5.32 Å². The zero-order valence-corrected chi connectivity index (χ0v) is 9.93. The molecule has 6 nitrogen and oxygen atoms in total. The Labute approximate surface area is 95.2 Å². The first kappa shape index (κ1) is 14.7. The molecule has 0 heterocycles. The van der Waals surface area contributed by atoms with E-state index in [9.17, 15) is 9.59 Å². The molecule has 1 unspecified atom stereocenters. The molecule has 0 spiro atoms. The molecule has 2 amide bonds. The number of carbonyl (C=O) groups is 2. The van der Waals surface area contributed by atoms with Crippen molar-refractivity contribution in [1.29, 1.82) is 0 Å². The Kier molecular flexibility index (Phi) is 6.48. The Balaban J connectivity index is 4.23. The minimum Gasteiger partial charge on any atom is -0.480 e. The van der Waals surface area contributed by atoms with Crippen LogP contribution in [-0.2, 0) is 4.79 Å². The van der Waals surface area contributed by atoms with Crippen LogP contribution in [0.25, 0.3) is 0 Å². The van der Waals surface area contributed by atoms with Gasteiger partial charge in [-0.05, 0) is 13.3 Å². The number of amides is 2. The number of aliphatic hydroxyl groups excluding tert-OH is 1. The third-order valence-electron chi connectivity index (χ3n) is 2.06. The Morgan fingerprint density at radius 2 is 2.00 bits per heavy atom. The predicted molar refractivity (Wildman–Crippen MR) is 59.2 cm³/mol. The van der Waals surface area contributed by atoms with E-state index < -0.39 is 24.1 Å². The Hall–Kier alpha value is -1.30. The van der Waals surface area contributed by atoms with E-state index in [1.807, 2.05) is 6.92 Å². The summed E-state index contributed by atoms with van der Waals surface area (Å²) < 4.78 is 0. The first-order chi connectivity index (χ1) is 7.38. The lowest BCUT2D eigenvalue weighted by molar-refractivity contribution is -0.139. The van der Waals surface area contributed by atoms with Gasteiger partial charge in [0, 0.05) is 13.6 Å². The number of carbonyl (C=O) groups excluding carboxylic acids is 1. The van der Waals surface area contributed by atoms with E-state index in [0.29, 0.717) is 12.8 Å². The lowest BCUT2D eigenvalue weighted by Gasteiger charge is -2.22. The number of rotatable bonds is 6. The minimum atomic E-state index is -1.04. The molecule has 0 fully saturated rings. The topological polar surface area (TPSA) is 89.9 Å². The van der Waals surface area contributed by atoms with Crippen LogP contribution in [0.3, 0.4) is 0 Å². The molecule has 3 N–H and O–H groups in total. The standard InChI is InChI=1S/C10H20N2O4/c1-4-5-8(9(14)15)11-10(16)12(3)6-7(2)13/h7-8,13H,4-6H2,1-3H3,(H,11,16)(H,14,15)/t7?,8-/m1/s1. The van der Waals surface area contributed by atoms with Gasteiger partial charge < -0.3 is 20.4 Å². The van der Waals surface area contributed by atoms with E-state index in [-0.39, 0.29) is 6.54 Å². The molecule has 16 heavy (non-hydrogen) atoms. The molecule has 0 aliphatic heterocycles. The highest BCUT2D eigenvalue weighted by Gasteiger charge is 2.20. The summed E-state index contributed by atoms with van der Waals surface area (Å²) in [6.45, 7) is 3.58. The first-order valence-corrected chi connectivity index (χ1v) is 5.31. The van der Waals surface area contributed by atoms with Gasteiger partial charge in [0.05, 0.1) is 6.10 Å². The van der Waals surface area contributed by atoms with E-state index in [4.69, 9.17) is 10.2 Å². The lowest BCUT2D eigenvalue weighted by Crippen LogP contribution is -2.48. The fraction of sp³-hybridized carbons (Fsp3) is 0.800. The highest BCUT2D eigenvalue weighted by atomic mass is 16.4. The van der Waals surface area contributed by atoms with Gasteiger partial charge in [0.15, 0.2) is 0 Å². The largest absolute Gasteiger partial charge is 0.480 e. The van der Waals surface area contributed by atoms with Crippen molar-refractivity contribution in [2.75, 3.05) is 13.6 Å². The Morgan fingerprint density at radius 3 is 2.38 bits per heavy atom. The molecule has 0 aliphatic carbocycles. The summed E-state index contributed by atoms with van der Waals surface area (Å²) in [4.78, 5) is 23.6. The maximum atomic E-state index is 11.5. The SMILES string of the molecule is CCC[C@@H](NC(=O)N(C)CC(C)O)C(=O)O. The van der Waals surface area contributed by atoms with Gasteiger partial charge in [-0.2, -0.15) is 0 Å². The molecule has 0 radical (unpaired) electrons. The summed E-state index contributed by atoms with van der Waals surface area (Å²) in [6.07, 6.45) is 0.436. The zero-order valence-electron chi connectivity index (χ0n) is 9.93. The van der Waals surface area contributed by atoms with Gasteiger partial charge in [-0.15, -0.1) is 0 Å². The summed E-state index contributed by atoms with van der Waals surface area (Å²) >= 11 is 0. The maximum Gasteiger partial charge on any atom is 0.326 e. The normalized spacial score (nSPS) is 14.0. The molecule has 0 aromatic rings. The zero-order chi connectivity index (χ0) is 12.7. The molecule has 0 saturated carbocycles. The van der Waals surface area contributed by atoms with Crippen LogP contribution in [0.15, 0.2) is 0 Å². The monoisotopic (exact) mass is 232 g/mol. The summed E-state index contributed by atoms with van der Waals surface area (Å²) in [6, 6.07) is -1.35. The number of likely N-dealkylation sites (N-methyl/N-ethyl adjacent to an activating group) is 1. The van der Waals surface area contributed by atoms with Crippen molar-refractivity contribution in [2.24, 2.45) is 0 Å². The van der Waals surface area contributed by atoms with Crippen LogP contribution in [0.1, 0.15) is 26.7 Å². The molecule has 0 saturated heterocycles. The van der Waals surface area contributed by atoms with Crippen molar-refractivity contribution in [3.8, 4) is 0 Å². The van der Waals surface area contributed by atoms with E-state index in [1.165, 1.54) is 11.9 Å². The number of urea groups is 1. The second-order valence-corrected chi connectivity index (χ2v) is 3.86. The number of hydrogen-bond acceptors (Lipinski definition) is 3. The molecule has 0 rings (SSSR count). The van der Waals surface area contributed by atoms with Gasteiger partial charge in [-0.25, -0.2) is 9.59 Å². The average Bonchev–Trinajstić information content (AvgIpc) is 2.15. The van der Waals surface area contributed by atoms with Crippen LogP contribution in [0.4, 0.5) is 4.79 Å². The Morgan fingerprint density at radius 1 is 1.44 bits per heavy atom. The van der Waals surface area contributed by atoms with Crippen molar-refractivity contribution in [2.45, 2.75) is 38.8 Å². The van der Waals surface area contributed by atoms with Crippen LogP contribution in [0, 0.1) is 0 Å². The van der Waals surface area contributed by atoms with Gasteiger partial charge >= 0.3 is 12.0 Å². The van der Waals surface area contributed by atoms with Crippen molar-refractivity contribution in [3.05, 3.63) is 0 Å². The number of carboxylic acid groups (broad SMARTS) is 1. The van der Waals surface area contributed by atoms with Gasteiger partial charge in [0.25, 0.3) is 0 Å². The van der Waals surface area contributed by atoms with E-state index in [1.54, 1.807) is 6.92 Å². The Bertz CT molecular complexity index is 243. The molecule has 6 heteroatoms. The van der Waals surface area contributed by atoms with Crippen molar-refractivity contribution in [1.82, 2.24) is 10.2 Å². The molecule has 0 aromatic heterocycles. The summed E-state index contributed by atoms with van der Waals surface area (Å²) in [5.41, 5.74) is 0. The van der Waals surface area contributed by atoms with Gasteiger partial charge in [-0.1, -0.05) is 13.3 Å². The highest BCUT2D eigenvalue weighted by Crippen LogP contribution is 1.98. The fourth-order valence-corrected chi connectivity index (χ4v) is 1.28.